The van der Waals surface area contributed by atoms with Crippen LogP contribution in [0.2, 0.25) is 5.02 Å². The van der Waals surface area contributed by atoms with Gasteiger partial charge in [-0.1, -0.05) is 35.0 Å². The lowest BCUT2D eigenvalue weighted by Crippen LogP contribution is -2.49. The molecule has 0 aliphatic carbocycles. The molecule has 1 saturated heterocycles. The number of benzene rings is 1. The zero-order chi connectivity index (χ0) is 20.4. The third-order valence-electron chi connectivity index (χ3n) is 5.45. The largest absolute Gasteiger partial charge is 0.360 e. The van der Waals surface area contributed by atoms with Crippen LogP contribution < -0.4 is 0 Å². The summed E-state index contributed by atoms with van der Waals surface area (Å²) in [5.74, 6) is 1.49. The summed E-state index contributed by atoms with van der Waals surface area (Å²) in [6.45, 7) is 8.65. The minimum Gasteiger partial charge on any atom is -0.360 e. The summed E-state index contributed by atoms with van der Waals surface area (Å²) in [5.41, 5.74) is 1.72. The number of nitrogens with zero attached hydrogens (tertiary/aromatic N) is 5. The van der Waals surface area contributed by atoms with E-state index in [-0.39, 0.29) is 5.91 Å². The van der Waals surface area contributed by atoms with Gasteiger partial charge in [-0.15, -0.1) is 0 Å². The summed E-state index contributed by atoms with van der Waals surface area (Å²) in [4.78, 5) is 21.7. The van der Waals surface area contributed by atoms with Crippen LogP contribution in [-0.4, -0.2) is 63.1 Å². The molecule has 0 bridgehead atoms. The summed E-state index contributed by atoms with van der Waals surface area (Å²) >= 11 is 6.32. The van der Waals surface area contributed by atoms with Crippen molar-refractivity contribution in [3.63, 3.8) is 0 Å². The van der Waals surface area contributed by atoms with E-state index in [1.165, 1.54) is 0 Å². The summed E-state index contributed by atoms with van der Waals surface area (Å²) < 4.78 is 7.50. The molecule has 0 radical (unpaired) electrons. The van der Waals surface area contributed by atoms with Crippen LogP contribution in [0.25, 0.3) is 11.3 Å². The topological polar surface area (TPSA) is 67.4 Å². The molecule has 1 aliphatic heterocycles. The van der Waals surface area contributed by atoms with Gasteiger partial charge in [0.25, 0.3) is 5.91 Å². The molecule has 1 fully saturated rings. The van der Waals surface area contributed by atoms with E-state index in [2.05, 4.69) is 19.6 Å². The summed E-state index contributed by atoms with van der Waals surface area (Å²) in [7, 11) is 0. The van der Waals surface area contributed by atoms with Crippen molar-refractivity contribution in [3.8, 4) is 11.3 Å². The van der Waals surface area contributed by atoms with Crippen LogP contribution in [0, 0.1) is 13.8 Å². The summed E-state index contributed by atoms with van der Waals surface area (Å²) in [5, 5.41) is 4.67. The highest BCUT2D eigenvalue weighted by Gasteiger charge is 2.29. The number of halogens is 1. The molecule has 29 heavy (non-hydrogen) atoms. The standard InChI is InChI=1S/C21H24ClN5O2/c1-15-19(20(24-29-15)17-5-3-4-6-18(17)22)21(28)27-13-10-25(11-14-27)9-12-26-8-7-23-16(26)2/h3-8H,9-14H2,1-2H3. The number of rotatable bonds is 5. The van der Waals surface area contributed by atoms with E-state index >= 15 is 0 Å². The van der Waals surface area contributed by atoms with Gasteiger partial charge in [-0.25, -0.2) is 4.98 Å². The first-order valence-corrected chi connectivity index (χ1v) is 10.1. The van der Waals surface area contributed by atoms with Gasteiger partial charge in [-0.3, -0.25) is 9.69 Å². The lowest BCUT2D eigenvalue weighted by atomic mass is 10.0. The average molecular weight is 414 g/mol. The number of carbonyl (C=O) groups excluding carboxylic acids is 1. The Kier molecular flexibility index (Phi) is 5.69. The molecule has 7 nitrogen and oxygen atoms in total. The predicted molar refractivity (Wildman–Crippen MR) is 111 cm³/mol. The molecular formula is C21H24ClN5O2. The first kappa shape index (κ1) is 19.7. The highest BCUT2D eigenvalue weighted by Crippen LogP contribution is 2.31. The molecular weight excluding hydrogens is 390 g/mol. The number of hydrogen-bond acceptors (Lipinski definition) is 5. The smallest absolute Gasteiger partial charge is 0.259 e. The second-order valence-corrected chi connectivity index (χ2v) is 7.65. The van der Waals surface area contributed by atoms with Gasteiger partial charge >= 0.3 is 0 Å². The number of piperazine rings is 1. The van der Waals surface area contributed by atoms with Gasteiger partial charge in [0.2, 0.25) is 0 Å². The Morgan fingerprint density at radius 2 is 1.90 bits per heavy atom. The molecule has 4 rings (SSSR count). The third kappa shape index (κ3) is 4.06. The quantitative estimate of drug-likeness (QED) is 0.642. The van der Waals surface area contributed by atoms with Crippen LogP contribution in [-0.2, 0) is 6.54 Å². The van der Waals surface area contributed by atoms with Crippen LogP contribution in [0.1, 0.15) is 21.9 Å². The van der Waals surface area contributed by atoms with E-state index in [0.717, 1.165) is 32.0 Å². The Bertz CT molecular complexity index is 1000. The number of aryl methyl sites for hydroxylation is 2. The van der Waals surface area contributed by atoms with Crippen molar-refractivity contribution in [2.45, 2.75) is 20.4 Å². The molecule has 1 aliphatic rings. The lowest BCUT2D eigenvalue weighted by Gasteiger charge is -2.34. The van der Waals surface area contributed by atoms with Gasteiger partial charge in [0, 0.05) is 57.2 Å². The Morgan fingerprint density at radius 1 is 1.14 bits per heavy atom. The van der Waals surface area contributed by atoms with Crippen LogP contribution in [0.15, 0.2) is 41.2 Å². The van der Waals surface area contributed by atoms with E-state index in [0.29, 0.717) is 40.7 Å². The van der Waals surface area contributed by atoms with Crippen molar-refractivity contribution in [2.75, 3.05) is 32.7 Å². The first-order valence-electron chi connectivity index (χ1n) is 9.75. The molecule has 0 atom stereocenters. The molecule has 1 aromatic carbocycles. The van der Waals surface area contributed by atoms with Gasteiger partial charge in [0.15, 0.2) is 0 Å². The molecule has 1 amide bonds. The van der Waals surface area contributed by atoms with Crippen molar-refractivity contribution in [1.29, 1.82) is 0 Å². The third-order valence-corrected chi connectivity index (χ3v) is 5.78. The van der Waals surface area contributed by atoms with Crippen LogP contribution in [0.5, 0.6) is 0 Å². The Hall–Kier alpha value is -2.64. The fraction of sp³-hybridized carbons (Fsp3) is 0.381. The fourth-order valence-electron chi connectivity index (χ4n) is 3.68. The molecule has 152 valence electrons. The normalized spacial score (nSPS) is 15.1. The Balaban J connectivity index is 1.42. The molecule has 0 unspecified atom stereocenters. The van der Waals surface area contributed by atoms with Crippen molar-refractivity contribution < 1.29 is 9.32 Å². The Morgan fingerprint density at radius 3 is 2.59 bits per heavy atom. The number of hydrogen-bond donors (Lipinski definition) is 0. The van der Waals surface area contributed by atoms with Gasteiger partial charge in [0.05, 0.1) is 5.02 Å². The monoisotopic (exact) mass is 413 g/mol. The zero-order valence-corrected chi connectivity index (χ0v) is 17.4. The van der Waals surface area contributed by atoms with Gasteiger partial charge < -0.3 is 14.0 Å². The van der Waals surface area contributed by atoms with Gasteiger partial charge in [-0.2, -0.15) is 0 Å². The van der Waals surface area contributed by atoms with Crippen LogP contribution in [0.3, 0.4) is 0 Å². The molecule has 0 saturated carbocycles. The highest BCUT2D eigenvalue weighted by atomic mass is 35.5. The second-order valence-electron chi connectivity index (χ2n) is 7.24. The summed E-state index contributed by atoms with van der Waals surface area (Å²) in [6.07, 6.45) is 3.82. The first-order chi connectivity index (χ1) is 14.0. The minimum absolute atomic E-state index is 0.0521. The predicted octanol–water partition coefficient (Wildman–Crippen LogP) is 3.27. The van der Waals surface area contributed by atoms with Crippen molar-refractivity contribution in [1.82, 2.24) is 24.5 Å². The second kappa shape index (κ2) is 8.39. The SMILES string of the molecule is Cc1onc(-c2ccccc2Cl)c1C(=O)N1CCN(CCn2ccnc2C)CC1. The Labute approximate surface area is 174 Å². The van der Waals surface area contributed by atoms with E-state index in [1.807, 2.05) is 42.4 Å². The highest BCUT2D eigenvalue weighted by molar-refractivity contribution is 6.33. The number of carbonyl (C=O) groups is 1. The molecule has 3 heterocycles. The molecule has 3 aromatic rings. The fourth-order valence-corrected chi connectivity index (χ4v) is 3.91. The molecule has 8 heteroatoms. The minimum atomic E-state index is -0.0521. The maximum atomic E-state index is 13.2. The maximum absolute atomic E-state index is 13.2. The molecule has 0 spiro atoms. The number of imidazole rings is 1. The molecule has 0 N–H and O–H groups in total. The zero-order valence-electron chi connectivity index (χ0n) is 16.6. The van der Waals surface area contributed by atoms with Gasteiger partial charge in [0.1, 0.15) is 22.8 Å². The molecule has 2 aromatic heterocycles. The van der Waals surface area contributed by atoms with Crippen LogP contribution in [0.4, 0.5) is 0 Å². The number of aromatic nitrogens is 3. The number of amides is 1. The lowest BCUT2D eigenvalue weighted by molar-refractivity contribution is 0.0632. The van der Waals surface area contributed by atoms with Crippen molar-refractivity contribution >= 4 is 17.5 Å². The van der Waals surface area contributed by atoms with Crippen molar-refractivity contribution in [2.24, 2.45) is 0 Å². The van der Waals surface area contributed by atoms with Crippen LogP contribution >= 0.6 is 11.6 Å². The van der Waals surface area contributed by atoms with E-state index in [1.54, 1.807) is 13.0 Å². The summed E-state index contributed by atoms with van der Waals surface area (Å²) in [6, 6.07) is 7.37. The average Bonchev–Trinajstić information content (AvgIpc) is 3.32. The maximum Gasteiger partial charge on any atom is 0.259 e. The van der Waals surface area contributed by atoms with E-state index in [9.17, 15) is 4.79 Å². The van der Waals surface area contributed by atoms with Gasteiger partial charge in [-0.05, 0) is 19.9 Å². The van der Waals surface area contributed by atoms with E-state index < -0.39 is 0 Å². The van der Waals surface area contributed by atoms with E-state index in [4.69, 9.17) is 16.1 Å². The van der Waals surface area contributed by atoms with Crippen molar-refractivity contribution in [3.05, 3.63) is 58.8 Å².